The Bertz CT molecular complexity index is 277. The lowest BCUT2D eigenvalue weighted by molar-refractivity contribution is -0.143. The van der Waals surface area contributed by atoms with Crippen molar-refractivity contribution in [3.05, 3.63) is 0 Å². The number of hydrogen-bond acceptors (Lipinski definition) is 4. The molecule has 0 saturated carbocycles. The summed E-state index contributed by atoms with van der Waals surface area (Å²) in [5.74, 6) is -0.374. The van der Waals surface area contributed by atoms with E-state index in [0.717, 1.165) is 25.9 Å². The highest BCUT2D eigenvalue weighted by Crippen LogP contribution is 2.10. The number of rotatable bonds is 6. The Labute approximate surface area is 108 Å². The molecule has 1 rings (SSSR count). The molecule has 0 N–H and O–H groups in total. The van der Waals surface area contributed by atoms with E-state index in [-0.39, 0.29) is 18.5 Å². The van der Waals surface area contributed by atoms with Crippen LogP contribution in [-0.4, -0.2) is 68.3 Å². The molecule has 0 spiro atoms. The van der Waals surface area contributed by atoms with Gasteiger partial charge in [0.05, 0.1) is 13.2 Å². The van der Waals surface area contributed by atoms with Crippen molar-refractivity contribution in [2.45, 2.75) is 19.8 Å². The summed E-state index contributed by atoms with van der Waals surface area (Å²) < 4.78 is 9.84. The molecule has 0 radical (unpaired) electrons. The molecular formula is C12H22N2O4. The first-order valence-corrected chi connectivity index (χ1v) is 6.37. The fourth-order valence-corrected chi connectivity index (χ4v) is 1.91. The third-order valence-electron chi connectivity index (χ3n) is 2.84. The topological polar surface area (TPSA) is 59.1 Å². The maximum absolute atomic E-state index is 12.2. The van der Waals surface area contributed by atoms with Gasteiger partial charge in [0.2, 0.25) is 0 Å². The fraction of sp³-hybridized carbons (Fsp3) is 0.833. The summed E-state index contributed by atoms with van der Waals surface area (Å²) in [5, 5.41) is 0. The highest BCUT2D eigenvalue weighted by atomic mass is 16.5. The second kappa shape index (κ2) is 7.92. The van der Waals surface area contributed by atoms with Crippen LogP contribution in [0.25, 0.3) is 0 Å². The van der Waals surface area contributed by atoms with Crippen molar-refractivity contribution in [1.82, 2.24) is 9.80 Å². The molecule has 6 nitrogen and oxygen atoms in total. The molecular weight excluding hydrogens is 236 g/mol. The molecule has 6 heteroatoms. The number of likely N-dealkylation sites (tertiary alicyclic amines) is 1. The zero-order valence-electron chi connectivity index (χ0n) is 11.2. The van der Waals surface area contributed by atoms with Crippen LogP contribution >= 0.6 is 0 Å². The van der Waals surface area contributed by atoms with Crippen molar-refractivity contribution in [1.29, 1.82) is 0 Å². The van der Waals surface area contributed by atoms with Crippen LogP contribution in [0.2, 0.25) is 0 Å². The molecule has 18 heavy (non-hydrogen) atoms. The van der Waals surface area contributed by atoms with Crippen molar-refractivity contribution in [2.24, 2.45) is 0 Å². The summed E-state index contributed by atoms with van der Waals surface area (Å²) >= 11 is 0. The van der Waals surface area contributed by atoms with Crippen LogP contribution in [0.15, 0.2) is 0 Å². The minimum absolute atomic E-state index is 0.00741. The first kappa shape index (κ1) is 14.8. The molecule has 1 aliphatic rings. The monoisotopic (exact) mass is 258 g/mol. The van der Waals surface area contributed by atoms with E-state index >= 15 is 0 Å². The number of hydrogen-bond donors (Lipinski definition) is 0. The normalized spacial score (nSPS) is 14.7. The number of urea groups is 1. The molecule has 0 aromatic carbocycles. The van der Waals surface area contributed by atoms with Gasteiger partial charge >= 0.3 is 12.0 Å². The van der Waals surface area contributed by atoms with Gasteiger partial charge in [-0.15, -0.1) is 0 Å². The van der Waals surface area contributed by atoms with Crippen molar-refractivity contribution in [3.8, 4) is 0 Å². The van der Waals surface area contributed by atoms with Gasteiger partial charge < -0.3 is 19.3 Å². The number of ether oxygens (including phenoxy) is 2. The van der Waals surface area contributed by atoms with Crippen molar-refractivity contribution >= 4 is 12.0 Å². The summed E-state index contributed by atoms with van der Waals surface area (Å²) in [6.45, 7) is 4.43. The van der Waals surface area contributed by atoms with Crippen molar-refractivity contribution < 1.29 is 19.1 Å². The first-order chi connectivity index (χ1) is 8.69. The average molecular weight is 258 g/mol. The molecule has 0 atom stereocenters. The first-order valence-electron chi connectivity index (χ1n) is 6.37. The molecule has 0 aromatic rings. The molecule has 1 heterocycles. The Balaban J connectivity index is 2.52. The number of esters is 1. The van der Waals surface area contributed by atoms with Crippen LogP contribution in [0.3, 0.4) is 0 Å². The Morgan fingerprint density at radius 1 is 1.28 bits per heavy atom. The summed E-state index contributed by atoms with van der Waals surface area (Å²) in [4.78, 5) is 26.9. The Hall–Kier alpha value is -1.30. The molecule has 1 fully saturated rings. The second-order valence-corrected chi connectivity index (χ2v) is 4.20. The third kappa shape index (κ3) is 4.52. The summed E-state index contributed by atoms with van der Waals surface area (Å²) in [5.41, 5.74) is 0. The van der Waals surface area contributed by atoms with Gasteiger partial charge in [0.1, 0.15) is 6.54 Å². The number of carbonyl (C=O) groups excluding carboxylic acids is 2. The predicted octanol–water partition coefficient (Wildman–Crippen LogP) is 0.714. The zero-order chi connectivity index (χ0) is 13.4. The number of nitrogens with zero attached hydrogens (tertiary/aromatic N) is 2. The number of amides is 2. The van der Waals surface area contributed by atoms with Crippen LogP contribution in [0.5, 0.6) is 0 Å². The van der Waals surface area contributed by atoms with E-state index in [9.17, 15) is 9.59 Å². The number of carbonyl (C=O) groups is 2. The summed E-state index contributed by atoms with van der Waals surface area (Å²) in [6.07, 6.45) is 2.06. The second-order valence-electron chi connectivity index (χ2n) is 4.20. The van der Waals surface area contributed by atoms with E-state index in [1.807, 2.05) is 0 Å². The molecule has 0 aromatic heterocycles. The molecule has 1 saturated heterocycles. The van der Waals surface area contributed by atoms with Crippen LogP contribution < -0.4 is 0 Å². The van der Waals surface area contributed by atoms with Crippen LogP contribution in [0, 0.1) is 0 Å². The molecule has 0 unspecified atom stereocenters. The minimum atomic E-state index is -0.374. The molecule has 0 bridgehead atoms. The highest BCUT2D eigenvalue weighted by Gasteiger charge is 2.25. The quantitative estimate of drug-likeness (QED) is 0.658. The fourth-order valence-electron chi connectivity index (χ4n) is 1.91. The molecule has 1 aliphatic heterocycles. The molecule has 2 amide bonds. The van der Waals surface area contributed by atoms with Crippen LogP contribution in [0.1, 0.15) is 19.8 Å². The van der Waals surface area contributed by atoms with E-state index in [2.05, 4.69) is 0 Å². The summed E-state index contributed by atoms with van der Waals surface area (Å²) in [7, 11) is 1.57. The Morgan fingerprint density at radius 2 is 1.94 bits per heavy atom. The zero-order valence-corrected chi connectivity index (χ0v) is 11.2. The maximum Gasteiger partial charge on any atom is 0.325 e. The van der Waals surface area contributed by atoms with E-state index in [4.69, 9.17) is 9.47 Å². The predicted molar refractivity (Wildman–Crippen MR) is 66.3 cm³/mol. The van der Waals surface area contributed by atoms with Crippen molar-refractivity contribution in [3.63, 3.8) is 0 Å². The van der Waals surface area contributed by atoms with Gasteiger partial charge in [-0.25, -0.2) is 4.79 Å². The molecule has 0 aliphatic carbocycles. The lowest BCUT2D eigenvalue weighted by atomic mass is 10.4. The van der Waals surface area contributed by atoms with Gasteiger partial charge in [0.15, 0.2) is 0 Å². The standard InChI is InChI=1S/C12H22N2O4/c1-3-18-11(15)10-14(8-9-17-2)12(16)13-6-4-5-7-13/h3-10H2,1-2H3. The van der Waals surface area contributed by atoms with Gasteiger partial charge in [0, 0.05) is 26.7 Å². The SMILES string of the molecule is CCOC(=O)CN(CCOC)C(=O)N1CCCC1. The lowest BCUT2D eigenvalue weighted by Crippen LogP contribution is -2.45. The smallest absolute Gasteiger partial charge is 0.325 e. The number of methoxy groups -OCH3 is 1. The van der Waals surface area contributed by atoms with Gasteiger partial charge in [-0.1, -0.05) is 0 Å². The highest BCUT2D eigenvalue weighted by molar-refractivity contribution is 5.81. The molecule has 104 valence electrons. The van der Waals surface area contributed by atoms with Gasteiger partial charge in [0.25, 0.3) is 0 Å². The Kier molecular flexibility index (Phi) is 6.49. The Morgan fingerprint density at radius 3 is 2.50 bits per heavy atom. The van der Waals surface area contributed by atoms with E-state index in [1.54, 1.807) is 18.9 Å². The van der Waals surface area contributed by atoms with E-state index in [0.29, 0.717) is 19.8 Å². The largest absolute Gasteiger partial charge is 0.465 e. The summed E-state index contributed by atoms with van der Waals surface area (Å²) in [6, 6.07) is -0.0994. The van der Waals surface area contributed by atoms with Crippen LogP contribution in [-0.2, 0) is 14.3 Å². The van der Waals surface area contributed by atoms with Crippen LogP contribution in [0.4, 0.5) is 4.79 Å². The van der Waals surface area contributed by atoms with E-state index in [1.165, 1.54) is 4.90 Å². The van der Waals surface area contributed by atoms with E-state index < -0.39 is 0 Å². The van der Waals surface area contributed by atoms with Gasteiger partial charge in [-0.2, -0.15) is 0 Å². The maximum atomic E-state index is 12.2. The minimum Gasteiger partial charge on any atom is -0.465 e. The third-order valence-corrected chi connectivity index (χ3v) is 2.84. The van der Waals surface area contributed by atoms with Gasteiger partial charge in [-0.05, 0) is 19.8 Å². The van der Waals surface area contributed by atoms with Gasteiger partial charge in [-0.3, -0.25) is 4.79 Å². The lowest BCUT2D eigenvalue weighted by Gasteiger charge is -2.26. The van der Waals surface area contributed by atoms with Crippen molar-refractivity contribution in [2.75, 3.05) is 46.5 Å². The average Bonchev–Trinajstić information content (AvgIpc) is 2.87.